The number of fused-ring (bicyclic) bond motifs is 1. The topological polar surface area (TPSA) is 105 Å². The van der Waals surface area contributed by atoms with Crippen LogP contribution in [0, 0.1) is 5.92 Å². The standard InChI is InChI=1S/C28H35N5O4S/c1-21-7-12-33(13-8-21)38(35,36)23-5-6-26-24(18-23)25(19-27(31-26)22-4-2-9-29-20-22)28(34)30-10-3-11-32-14-16-37-17-15-32/h2,4-6,9,18-21H,3,7-8,10-17H2,1H3,(H,30,34). The minimum atomic E-state index is -3.67. The number of carbonyl (C=O) groups excluding carboxylic acids is 1. The van der Waals surface area contributed by atoms with E-state index in [-0.39, 0.29) is 10.8 Å². The van der Waals surface area contributed by atoms with E-state index >= 15 is 0 Å². The van der Waals surface area contributed by atoms with E-state index in [4.69, 9.17) is 9.72 Å². The third-order valence-electron chi connectivity index (χ3n) is 7.40. The molecule has 0 saturated carbocycles. The average Bonchev–Trinajstić information content (AvgIpc) is 2.95. The molecule has 0 spiro atoms. The minimum absolute atomic E-state index is 0.192. The van der Waals surface area contributed by atoms with Gasteiger partial charge in [-0.25, -0.2) is 13.4 Å². The molecule has 0 unspecified atom stereocenters. The number of benzene rings is 1. The highest BCUT2D eigenvalue weighted by Crippen LogP contribution is 2.29. The average molecular weight is 538 g/mol. The van der Waals surface area contributed by atoms with Crippen LogP contribution in [0.3, 0.4) is 0 Å². The molecule has 2 saturated heterocycles. The van der Waals surface area contributed by atoms with Crippen molar-refractivity contribution in [2.75, 3.05) is 52.5 Å². The van der Waals surface area contributed by atoms with Crippen molar-refractivity contribution in [3.05, 3.63) is 54.4 Å². The van der Waals surface area contributed by atoms with Crippen molar-refractivity contribution in [3.8, 4) is 11.3 Å². The molecule has 9 nitrogen and oxygen atoms in total. The first-order valence-electron chi connectivity index (χ1n) is 13.4. The van der Waals surface area contributed by atoms with Crippen LogP contribution in [0.5, 0.6) is 0 Å². The molecule has 2 aromatic heterocycles. The molecule has 1 N–H and O–H groups in total. The van der Waals surface area contributed by atoms with Crippen LogP contribution >= 0.6 is 0 Å². The van der Waals surface area contributed by atoms with Crippen LogP contribution in [-0.4, -0.2) is 86.0 Å². The third kappa shape index (κ3) is 6.04. The smallest absolute Gasteiger partial charge is 0.252 e. The molecule has 10 heteroatoms. The second-order valence-electron chi connectivity index (χ2n) is 10.1. The number of carbonyl (C=O) groups is 1. The van der Waals surface area contributed by atoms with Gasteiger partial charge in [0, 0.05) is 56.1 Å². The third-order valence-corrected chi connectivity index (χ3v) is 9.30. The number of nitrogens with one attached hydrogen (secondary N) is 1. The van der Waals surface area contributed by atoms with E-state index in [0.717, 1.165) is 57.7 Å². The lowest BCUT2D eigenvalue weighted by molar-refractivity contribution is 0.0374. The predicted octanol–water partition coefficient (Wildman–Crippen LogP) is 3.17. The van der Waals surface area contributed by atoms with Gasteiger partial charge in [-0.1, -0.05) is 6.92 Å². The fourth-order valence-corrected chi connectivity index (χ4v) is 6.51. The Balaban J connectivity index is 1.43. The molecule has 0 radical (unpaired) electrons. The van der Waals surface area contributed by atoms with E-state index in [1.54, 1.807) is 41.0 Å². The summed E-state index contributed by atoms with van der Waals surface area (Å²) in [6.07, 6.45) is 5.90. The Bertz CT molecular complexity index is 1370. The van der Waals surface area contributed by atoms with Crippen LogP contribution in [0.4, 0.5) is 0 Å². The van der Waals surface area contributed by atoms with Crippen molar-refractivity contribution in [3.63, 3.8) is 0 Å². The van der Waals surface area contributed by atoms with E-state index in [1.807, 2.05) is 12.1 Å². The van der Waals surface area contributed by atoms with Gasteiger partial charge >= 0.3 is 0 Å². The quantitative estimate of drug-likeness (QED) is 0.440. The molecular weight excluding hydrogens is 502 g/mol. The SMILES string of the molecule is CC1CCN(S(=O)(=O)c2ccc3nc(-c4cccnc4)cc(C(=O)NCCCN4CCOCC4)c3c2)CC1. The molecule has 1 aromatic carbocycles. The molecule has 0 atom stereocenters. The summed E-state index contributed by atoms with van der Waals surface area (Å²) in [5.74, 6) is 0.276. The number of sulfonamides is 1. The van der Waals surface area contributed by atoms with E-state index in [9.17, 15) is 13.2 Å². The number of pyridine rings is 2. The summed E-state index contributed by atoms with van der Waals surface area (Å²) in [4.78, 5) is 24.9. The highest BCUT2D eigenvalue weighted by atomic mass is 32.2. The van der Waals surface area contributed by atoms with Gasteiger partial charge in [-0.05, 0) is 68.1 Å². The number of amides is 1. The maximum absolute atomic E-state index is 13.5. The molecule has 0 bridgehead atoms. The summed E-state index contributed by atoms with van der Waals surface area (Å²) in [6, 6.07) is 10.3. The van der Waals surface area contributed by atoms with Crippen molar-refractivity contribution < 1.29 is 17.9 Å². The van der Waals surface area contributed by atoms with Gasteiger partial charge in [0.15, 0.2) is 0 Å². The van der Waals surface area contributed by atoms with Crippen molar-refractivity contribution in [2.45, 2.75) is 31.1 Å². The lowest BCUT2D eigenvalue weighted by Crippen LogP contribution is -2.38. The van der Waals surface area contributed by atoms with E-state index in [2.05, 4.69) is 22.1 Å². The summed E-state index contributed by atoms with van der Waals surface area (Å²) in [5, 5.41) is 3.56. The second kappa shape index (κ2) is 11.9. The van der Waals surface area contributed by atoms with Crippen LogP contribution < -0.4 is 5.32 Å². The molecule has 3 aromatic rings. The molecule has 2 aliphatic heterocycles. The molecule has 1 amide bonds. The number of hydrogen-bond acceptors (Lipinski definition) is 7. The Morgan fingerprint density at radius 3 is 2.63 bits per heavy atom. The van der Waals surface area contributed by atoms with E-state index < -0.39 is 10.0 Å². The van der Waals surface area contributed by atoms with Crippen LogP contribution in [0.1, 0.15) is 36.5 Å². The molecular formula is C28H35N5O4S. The van der Waals surface area contributed by atoms with Gasteiger partial charge in [0.1, 0.15) is 0 Å². The largest absolute Gasteiger partial charge is 0.379 e. The van der Waals surface area contributed by atoms with Gasteiger partial charge in [-0.2, -0.15) is 4.31 Å². The molecule has 2 aliphatic rings. The molecule has 202 valence electrons. The number of nitrogens with zero attached hydrogens (tertiary/aromatic N) is 4. The number of morpholine rings is 1. The van der Waals surface area contributed by atoms with Gasteiger partial charge in [0.05, 0.1) is 34.9 Å². The summed E-state index contributed by atoms with van der Waals surface area (Å²) < 4.78 is 33.9. The number of hydrogen-bond donors (Lipinski definition) is 1. The van der Waals surface area contributed by atoms with Crippen molar-refractivity contribution in [1.82, 2.24) is 24.5 Å². The van der Waals surface area contributed by atoms with Crippen LogP contribution in [-0.2, 0) is 14.8 Å². The van der Waals surface area contributed by atoms with Gasteiger partial charge in [-0.3, -0.25) is 14.7 Å². The van der Waals surface area contributed by atoms with Crippen molar-refractivity contribution in [1.29, 1.82) is 0 Å². The molecule has 5 rings (SSSR count). The predicted molar refractivity (Wildman–Crippen MR) is 146 cm³/mol. The fourth-order valence-electron chi connectivity index (χ4n) is 5.01. The molecule has 2 fully saturated rings. The zero-order valence-corrected chi connectivity index (χ0v) is 22.6. The van der Waals surface area contributed by atoms with Gasteiger partial charge in [0.25, 0.3) is 5.91 Å². The normalized spacial score (nSPS) is 18.0. The Morgan fingerprint density at radius 2 is 1.89 bits per heavy atom. The Morgan fingerprint density at radius 1 is 1.11 bits per heavy atom. The van der Waals surface area contributed by atoms with E-state index in [0.29, 0.717) is 47.7 Å². The lowest BCUT2D eigenvalue weighted by atomic mass is 10.0. The Hall–Kier alpha value is -2.92. The van der Waals surface area contributed by atoms with Crippen molar-refractivity contribution >= 4 is 26.8 Å². The van der Waals surface area contributed by atoms with Crippen LogP contribution in [0.25, 0.3) is 22.2 Å². The summed E-state index contributed by atoms with van der Waals surface area (Å²) in [7, 11) is -3.67. The lowest BCUT2D eigenvalue weighted by Gasteiger charge is -2.29. The highest BCUT2D eigenvalue weighted by molar-refractivity contribution is 7.89. The first-order valence-corrected chi connectivity index (χ1v) is 14.8. The summed E-state index contributed by atoms with van der Waals surface area (Å²) in [6.45, 7) is 7.88. The summed E-state index contributed by atoms with van der Waals surface area (Å²) >= 11 is 0. The van der Waals surface area contributed by atoms with Gasteiger partial charge < -0.3 is 10.1 Å². The maximum Gasteiger partial charge on any atom is 0.252 e. The zero-order valence-electron chi connectivity index (χ0n) is 21.8. The maximum atomic E-state index is 13.5. The Labute approximate surface area is 224 Å². The number of aromatic nitrogens is 2. The van der Waals surface area contributed by atoms with Crippen molar-refractivity contribution in [2.24, 2.45) is 5.92 Å². The first kappa shape index (κ1) is 26.7. The zero-order chi connectivity index (χ0) is 26.5. The number of piperidine rings is 1. The number of rotatable bonds is 8. The van der Waals surface area contributed by atoms with Gasteiger partial charge in [-0.15, -0.1) is 0 Å². The van der Waals surface area contributed by atoms with E-state index in [1.165, 1.54) is 0 Å². The molecule has 38 heavy (non-hydrogen) atoms. The van der Waals surface area contributed by atoms with Gasteiger partial charge in [0.2, 0.25) is 10.0 Å². The summed E-state index contributed by atoms with van der Waals surface area (Å²) in [5.41, 5.74) is 2.38. The van der Waals surface area contributed by atoms with Crippen LogP contribution in [0.2, 0.25) is 0 Å². The molecule has 4 heterocycles. The monoisotopic (exact) mass is 537 g/mol. The highest BCUT2D eigenvalue weighted by Gasteiger charge is 2.29. The van der Waals surface area contributed by atoms with Crippen LogP contribution in [0.15, 0.2) is 53.7 Å². The Kier molecular flexibility index (Phi) is 8.32. The first-order chi connectivity index (χ1) is 18.4. The number of ether oxygens (including phenoxy) is 1. The minimum Gasteiger partial charge on any atom is -0.379 e. The fraction of sp³-hybridized carbons (Fsp3) is 0.464. The second-order valence-corrected chi connectivity index (χ2v) is 12.1. The molecule has 0 aliphatic carbocycles.